The Hall–Kier alpha value is -2.06. The number of ether oxygens (including phenoxy) is 2. The SMILES string of the molecule is CCCCCCOc1ccc(Br)cc1C(=O)NCCCCCCCCNC(=O)c1cc(Br)ccc1OCCCCCC. The van der Waals surface area contributed by atoms with Crippen molar-refractivity contribution in [1.29, 1.82) is 0 Å². The Morgan fingerprint density at radius 1 is 0.571 bits per heavy atom. The molecule has 0 aromatic heterocycles. The van der Waals surface area contributed by atoms with Gasteiger partial charge in [-0.2, -0.15) is 0 Å². The first-order valence-electron chi connectivity index (χ1n) is 15.9. The van der Waals surface area contributed by atoms with Crippen molar-refractivity contribution < 1.29 is 19.1 Å². The van der Waals surface area contributed by atoms with E-state index >= 15 is 0 Å². The van der Waals surface area contributed by atoms with Gasteiger partial charge in [-0.3, -0.25) is 9.59 Å². The predicted octanol–water partition coefficient (Wildman–Crippen LogP) is 9.63. The third-order valence-electron chi connectivity index (χ3n) is 7.06. The molecule has 6 nitrogen and oxygen atoms in total. The largest absolute Gasteiger partial charge is 0.493 e. The van der Waals surface area contributed by atoms with Crippen LogP contribution in [0.4, 0.5) is 0 Å². The molecule has 2 amide bonds. The second-order valence-electron chi connectivity index (χ2n) is 10.7. The first kappa shape index (κ1) is 36.1. The summed E-state index contributed by atoms with van der Waals surface area (Å²) >= 11 is 6.94. The van der Waals surface area contributed by atoms with Crippen LogP contribution in [0.3, 0.4) is 0 Å². The highest BCUT2D eigenvalue weighted by Crippen LogP contribution is 2.25. The van der Waals surface area contributed by atoms with Crippen LogP contribution in [-0.4, -0.2) is 38.1 Å². The van der Waals surface area contributed by atoms with Crippen molar-refractivity contribution in [3.63, 3.8) is 0 Å². The van der Waals surface area contributed by atoms with Gasteiger partial charge in [0.05, 0.1) is 24.3 Å². The predicted molar refractivity (Wildman–Crippen MR) is 180 cm³/mol. The standard InChI is InChI=1S/C34H50Br2N2O4/c1-3-5-7-15-23-41-31-19-17-27(35)25-29(31)33(39)37-21-13-11-9-10-12-14-22-38-34(40)30-26-28(36)18-20-32(30)42-24-16-8-6-4-2/h17-20,25-26H,3-16,21-24H2,1-2H3,(H,37,39)(H,38,40). The number of hydrogen-bond donors (Lipinski definition) is 2. The Kier molecular flexibility index (Phi) is 19.3. The molecule has 0 saturated heterocycles. The molecule has 0 atom stereocenters. The Morgan fingerprint density at radius 2 is 0.952 bits per heavy atom. The third kappa shape index (κ3) is 14.9. The van der Waals surface area contributed by atoms with Crippen molar-refractivity contribution >= 4 is 43.7 Å². The molecule has 0 radical (unpaired) electrons. The minimum atomic E-state index is -0.0916. The smallest absolute Gasteiger partial charge is 0.255 e. The molecular weight excluding hydrogens is 660 g/mol. The number of rotatable bonds is 23. The molecule has 2 N–H and O–H groups in total. The number of benzene rings is 2. The summed E-state index contributed by atoms with van der Waals surface area (Å²) in [5, 5.41) is 6.09. The zero-order valence-corrected chi connectivity index (χ0v) is 28.8. The molecule has 2 aromatic rings. The van der Waals surface area contributed by atoms with E-state index in [4.69, 9.17) is 9.47 Å². The molecule has 0 aliphatic carbocycles. The average molecular weight is 711 g/mol. The van der Waals surface area contributed by atoms with Gasteiger partial charge in [0.15, 0.2) is 0 Å². The van der Waals surface area contributed by atoms with E-state index in [9.17, 15) is 9.59 Å². The first-order chi connectivity index (χ1) is 20.5. The molecule has 0 saturated carbocycles. The molecule has 0 unspecified atom stereocenters. The Balaban J connectivity index is 1.59. The van der Waals surface area contributed by atoms with Crippen molar-refractivity contribution in [2.24, 2.45) is 0 Å². The van der Waals surface area contributed by atoms with Crippen LogP contribution in [0.2, 0.25) is 0 Å². The fourth-order valence-corrected chi connectivity index (χ4v) is 5.31. The van der Waals surface area contributed by atoms with Crippen LogP contribution in [0.5, 0.6) is 11.5 Å². The molecule has 2 rings (SSSR count). The monoisotopic (exact) mass is 708 g/mol. The van der Waals surface area contributed by atoms with Crippen molar-refractivity contribution in [3.8, 4) is 11.5 Å². The van der Waals surface area contributed by atoms with Gasteiger partial charge in [-0.1, -0.05) is 110 Å². The second-order valence-corrected chi connectivity index (χ2v) is 12.6. The van der Waals surface area contributed by atoms with E-state index in [1.165, 1.54) is 25.7 Å². The molecule has 0 heterocycles. The number of amides is 2. The lowest BCUT2D eigenvalue weighted by molar-refractivity contribution is 0.0939. The summed E-state index contributed by atoms with van der Waals surface area (Å²) in [7, 11) is 0. The molecule has 42 heavy (non-hydrogen) atoms. The van der Waals surface area contributed by atoms with Crippen LogP contribution in [-0.2, 0) is 0 Å². The van der Waals surface area contributed by atoms with Gasteiger partial charge < -0.3 is 20.1 Å². The van der Waals surface area contributed by atoms with Gasteiger partial charge in [-0.15, -0.1) is 0 Å². The van der Waals surface area contributed by atoms with Gasteiger partial charge >= 0.3 is 0 Å². The van der Waals surface area contributed by atoms with E-state index in [1.54, 1.807) is 0 Å². The summed E-state index contributed by atoms with van der Waals surface area (Å²) in [6.45, 7) is 6.93. The fourth-order valence-electron chi connectivity index (χ4n) is 4.58. The maximum atomic E-state index is 12.8. The first-order valence-corrected chi connectivity index (χ1v) is 17.5. The molecule has 0 aliphatic heterocycles. The van der Waals surface area contributed by atoms with Gasteiger partial charge in [0.2, 0.25) is 0 Å². The molecule has 0 bridgehead atoms. The fraction of sp³-hybridized carbons (Fsp3) is 0.588. The summed E-state index contributed by atoms with van der Waals surface area (Å²) in [6.07, 6.45) is 15.3. The lowest BCUT2D eigenvalue weighted by Gasteiger charge is -2.13. The van der Waals surface area contributed by atoms with Gasteiger partial charge in [0.1, 0.15) is 11.5 Å². The van der Waals surface area contributed by atoms with Crippen molar-refractivity contribution in [2.45, 2.75) is 104 Å². The zero-order chi connectivity index (χ0) is 30.4. The summed E-state index contributed by atoms with van der Waals surface area (Å²) in [6, 6.07) is 11.2. The van der Waals surface area contributed by atoms with Gasteiger partial charge in [-0.05, 0) is 62.1 Å². The van der Waals surface area contributed by atoms with Crippen LogP contribution in [0.25, 0.3) is 0 Å². The highest BCUT2D eigenvalue weighted by atomic mass is 79.9. The Bertz CT molecular complexity index is 980. The van der Waals surface area contributed by atoms with Crippen molar-refractivity contribution in [1.82, 2.24) is 10.6 Å². The van der Waals surface area contributed by atoms with E-state index in [0.29, 0.717) is 48.9 Å². The van der Waals surface area contributed by atoms with Crippen molar-refractivity contribution in [3.05, 3.63) is 56.5 Å². The molecule has 0 fully saturated rings. The summed E-state index contributed by atoms with van der Waals surface area (Å²) in [4.78, 5) is 25.6. The minimum Gasteiger partial charge on any atom is -0.493 e. The van der Waals surface area contributed by atoms with Crippen LogP contribution in [0.15, 0.2) is 45.3 Å². The van der Waals surface area contributed by atoms with E-state index in [0.717, 1.165) is 73.2 Å². The summed E-state index contributed by atoms with van der Waals surface area (Å²) in [5.74, 6) is 1.10. The van der Waals surface area contributed by atoms with Crippen LogP contribution >= 0.6 is 31.9 Å². The van der Waals surface area contributed by atoms with E-state index < -0.39 is 0 Å². The topological polar surface area (TPSA) is 76.7 Å². The number of carbonyl (C=O) groups excluding carboxylic acids is 2. The lowest BCUT2D eigenvalue weighted by atomic mass is 10.1. The zero-order valence-electron chi connectivity index (χ0n) is 25.6. The number of nitrogens with one attached hydrogen (secondary N) is 2. The highest BCUT2D eigenvalue weighted by molar-refractivity contribution is 9.10. The minimum absolute atomic E-state index is 0.0916. The average Bonchev–Trinajstić information content (AvgIpc) is 2.98. The molecule has 2 aromatic carbocycles. The van der Waals surface area contributed by atoms with Gasteiger partial charge in [-0.25, -0.2) is 0 Å². The summed E-state index contributed by atoms with van der Waals surface area (Å²) in [5.41, 5.74) is 1.16. The van der Waals surface area contributed by atoms with E-state index in [1.807, 2.05) is 36.4 Å². The maximum Gasteiger partial charge on any atom is 0.255 e. The molecule has 8 heteroatoms. The quantitative estimate of drug-likeness (QED) is 0.113. The Morgan fingerprint density at radius 3 is 1.36 bits per heavy atom. The number of hydrogen-bond acceptors (Lipinski definition) is 4. The van der Waals surface area contributed by atoms with Crippen molar-refractivity contribution in [2.75, 3.05) is 26.3 Å². The third-order valence-corrected chi connectivity index (χ3v) is 8.04. The van der Waals surface area contributed by atoms with Crippen LogP contribution in [0, 0.1) is 0 Å². The number of halogens is 2. The second kappa shape index (κ2) is 22.5. The van der Waals surface area contributed by atoms with Crippen LogP contribution in [0.1, 0.15) is 124 Å². The highest BCUT2D eigenvalue weighted by Gasteiger charge is 2.14. The van der Waals surface area contributed by atoms with Gasteiger partial charge in [0, 0.05) is 22.0 Å². The number of unbranched alkanes of at least 4 members (excludes halogenated alkanes) is 11. The number of carbonyl (C=O) groups is 2. The van der Waals surface area contributed by atoms with Crippen LogP contribution < -0.4 is 20.1 Å². The van der Waals surface area contributed by atoms with Gasteiger partial charge in [0.25, 0.3) is 11.8 Å². The molecule has 0 spiro atoms. The molecule has 234 valence electrons. The van der Waals surface area contributed by atoms with E-state index in [2.05, 4.69) is 56.3 Å². The normalized spacial score (nSPS) is 10.9. The molecular formula is C34H50Br2N2O4. The maximum absolute atomic E-state index is 12.8. The summed E-state index contributed by atoms with van der Waals surface area (Å²) < 4.78 is 13.6. The lowest BCUT2D eigenvalue weighted by Crippen LogP contribution is -2.25. The van der Waals surface area contributed by atoms with E-state index in [-0.39, 0.29) is 11.8 Å². The Labute approximate surface area is 270 Å². The molecule has 0 aliphatic rings.